The number of nitrogens with zero attached hydrogens (tertiary/aromatic N) is 1. The van der Waals surface area contributed by atoms with Crippen molar-refractivity contribution in [1.82, 2.24) is 4.98 Å². The Morgan fingerprint density at radius 3 is 2.76 bits per heavy atom. The molecule has 0 atom stereocenters. The van der Waals surface area contributed by atoms with Crippen LogP contribution in [0, 0.1) is 0 Å². The van der Waals surface area contributed by atoms with Gasteiger partial charge in [-0.05, 0) is 18.2 Å². The second-order valence-corrected chi connectivity index (χ2v) is 3.93. The van der Waals surface area contributed by atoms with E-state index >= 15 is 0 Å². The van der Waals surface area contributed by atoms with E-state index in [-0.39, 0.29) is 11.5 Å². The summed E-state index contributed by atoms with van der Waals surface area (Å²) in [5.74, 6) is 0.0724. The summed E-state index contributed by atoms with van der Waals surface area (Å²) in [6, 6.07) is 6.13. The van der Waals surface area contributed by atoms with E-state index in [9.17, 15) is 5.11 Å². The maximum Gasteiger partial charge on any atom is 0.124 e. The van der Waals surface area contributed by atoms with Crippen LogP contribution in [0.3, 0.4) is 0 Å². The lowest BCUT2D eigenvalue weighted by molar-refractivity contribution is 0.446. The molecular weight excluding hydrogens is 240 g/mol. The van der Waals surface area contributed by atoms with Crippen LogP contribution in [0.1, 0.15) is 5.56 Å². The van der Waals surface area contributed by atoms with Crippen molar-refractivity contribution in [3.8, 4) is 11.5 Å². The quantitative estimate of drug-likeness (QED) is 0.784. The lowest BCUT2D eigenvalue weighted by Crippen LogP contribution is -2.00. The van der Waals surface area contributed by atoms with E-state index in [0.29, 0.717) is 22.8 Å². The number of pyridine rings is 1. The molecule has 0 radical (unpaired) electrons. The second kappa shape index (κ2) is 4.93. The summed E-state index contributed by atoms with van der Waals surface area (Å²) in [4.78, 5) is 3.94. The van der Waals surface area contributed by atoms with Gasteiger partial charge in [0.25, 0.3) is 0 Å². The number of aromatic hydroxyl groups is 2. The average Bonchev–Trinajstić information content (AvgIpc) is 2.30. The molecule has 0 aliphatic heterocycles. The molecule has 3 N–H and O–H groups in total. The fourth-order valence-electron chi connectivity index (χ4n) is 1.40. The largest absolute Gasteiger partial charge is 0.508 e. The molecule has 88 valence electrons. The van der Waals surface area contributed by atoms with Gasteiger partial charge in [-0.1, -0.05) is 11.6 Å². The van der Waals surface area contributed by atoms with Gasteiger partial charge in [0.15, 0.2) is 0 Å². The fraction of sp³-hybridized carbons (Fsp3) is 0.0833. The Hall–Kier alpha value is -1.94. The maximum absolute atomic E-state index is 9.59. The van der Waals surface area contributed by atoms with Gasteiger partial charge in [-0.15, -0.1) is 0 Å². The molecule has 0 spiro atoms. The predicted octanol–water partition coefficient (Wildman–Crippen LogP) is 2.76. The highest BCUT2D eigenvalue weighted by Gasteiger charge is 2.03. The molecule has 0 amide bonds. The number of phenolic OH excluding ortho intramolecular Hbond substituents is 2. The van der Waals surface area contributed by atoms with Gasteiger partial charge in [-0.25, -0.2) is 0 Å². The van der Waals surface area contributed by atoms with Crippen LogP contribution in [-0.4, -0.2) is 15.2 Å². The van der Waals surface area contributed by atoms with Crippen molar-refractivity contribution >= 4 is 17.3 Å². The molecule has 0 aliphatic rings. The van der Waals surface area contributed by atoms with Gasteiger partial charge in [0.2, 0.25) is 0 Å². The molecule has 0 bridgehead atoms. The van der Waals surface area contributed by atoms with Crippen LogP contribution in [0.2, 0.25) is 5.02 Å². The van der Waals surface area contributed by atoms with Crippen LogP contribution in [0.5, 0.6) is 11.5 Å². The molecule has 5 heteroatoms. The Morgan fingerprint density at radius 1 is 1.24 bits per heavy atom. The third-order valence-electron chi connectivity index (χ3n) is 2.31. The number of halogens is 1. The van der Waals surface area contributed by atoms with Crippen molar-refractivity contribution in [3.05, 3.63) is 47.2 Å². The Labute approximate surface area is 104 Å². The average molecular weight is 251 g/mol. The predicted molar refractivity (Wildman–Crippen MR) is 66.3 cm³/mol. The van der Waals surface area contributed by atoms with E-state index in [0.717, 1.165) is 0 Å². The Balaban J connectivity index is 2.10. The van der Waals surface area contributed by atoms with Gasteiger partial charge in [-0.3, -0.25) is 4.98 Å². The zero-order valence-electron chi connectivity index (χ0n) is 8.89. The molecular formula is C12H11ClN2O2. The van der Waals surface area contributed by atoms with E-state index in [1.165, 1.54) is 12.1 Å². The van der Waals surface area contributed by atoms with Crippen LogP contribution >= 0.6 is 11.6 Å². The molecule has 0 fully saturated rings. The summed E-state index contributed by atoms with van der Waals surface area (Å²) in [7, 11) is 0. The molecule has 2 rings (SSSR count). The first-order chi connectivity index (χ1) is 8.16. The zero-order chi connectivity index (χ0) is 12.3. The number of benzene rings is 1. The summed E-state index contributed by atoms with van der Waals surface area (Å²) in [6.45, 7) is 0.400. The first-order valence-electron chi connectivity index (χ1n) is 5.01. The minimum Gasteiger partial charge on any atom is -0.508 e. The first kappa shape index (κ1) is 11.5. The van der Waals surface area contributed by atoms with Gasteiger partial charge in [0.05, 0.1) is 16.9 Å². The number of anilines is 1. The molecule has 1 aromatic carbocycles. The van der Waals surface area contributed by atoms with E-state index < -0.39 is 0 Å². The standard InChI is InChI=1S/C12H11ClN2O2/c13-10-3-4-14-7-11(10)15-6-8-1-2-9(16)5-12(8)17/h1-5,7,15-17H,6H2. The second-order valence-electron chi connectivity index (χ2n) is 3.52. The summed E-state index contributed by atoms with van der Waals surface area (Å²) in [5, 5.41) is 22.4. The van der Waals surface area contributed by atoms with Crippen LogP contribution < -0.4 is 5.32 Å². The summed E-state index contributed by atoms with van der Waals surface area (Å²) in [6.07, 6.45) is 3.21. The van der Waals surface area contributed by atoms with Crippen molar-refractivity contribution in [3.63, 3.8) is 0 Å². The summed E-state index contributed by atoms with van der Waals surface area (Å²) < 4.78 is 0. The number of hydrogen-bond donors (Lipinski definition) is 3. The monoisotopic (exact) mass is 250 g/mol. The number of rotatable bonds is 3. The van der Waals surface area contributed by atoms with E-state index in [1.54, 1.807) is 24.5 Å². The normalized spacial score (nSPS) is 10.2. The Morgan fingerprint density at radius 2 is 2.06 bits per heavy atom. The lowest BCUT2D eigenvalue weighted by Gasteiger charge is -2.09. The highest BCUT2D eigenvalue weighted by Crippen LogP contribution is 2.25. The molecule has 0 unspecified atom stereocenters. The van der Waals surface area contributed by atoms with Gasteiger partial charge in [0.1, 0.15) is 11.5 Å². The topological polar surface area (TPSA) is 65.4 Å². The van der Waals surface area contributed by atoms with Gasteiger partial charge < -0.3 is 15.5 Å². The lowest BCUT2D eigenvalue weighted by atomic mass is 10.2. The minimum atomic E-state index is 0.0330. The van der Waals surface area contributed by atoms with E-state index in [1.807, 2.05) is 0 Å². The van der Waals surface area contributed by atoms with E-state index in [4.69, 9.17) is 16.7 Å². The zero-order valence-corrected chi connectivity index (χ0v) is 9.65. The SMILES string of the molecule is Oc1ccc(CNc2cnccc2Cl)c(O)c1. The van der Waals surface area contributed by atoms with Crippen LogP contribution in [0.4, 0.5) is 5.69 Å². The molecule has 1 heterocycles. The highest BCUT2D eigenvalue weighted by molar-refractivity contribution is 6.33. The van der Waals surface area contributed by atoms with Crippen molar-refractivity contribution in [2.24, 2.45) is 0 Å². The molecule has 1 aromatic heterocycles. The van der Waals surface area contributed by atoms with Gasteiger partial charge in [-0.2, -0.15) is 0 Å². The van der Waals surface area contributed by atoms with Crippen molar-refractivity contribution in [2.75, 3.05) is 5.32 Å². The summed E-state index contributed by atoms with van der Waals surface area (Å²) in [5.41, 5.74) is 1.37. The molecule has 0 saturated heterocycles. The van der Waals surface area contributed by atoms with Crippen molar-refractivity contribution in [1.29, 1.82) is 0 Å². The molecule has 0 aliphatic carbocycles. The summed E-state index contributed by atoms with van der Waals surface area (Å²) >= 11 is 5.95. The molecule has 4 nitrogen and oxygen atoms in total. The third-order valence-corrected chi connectivity index (χ3v) is 2.64. The van der Waals surface area contributed by atoms with Crippen LogP contribution in [0.25, 0.3) is 0 Å². The fourth-order valence-corrected chi connectivity index (χ4v) is 1.57. The molecule has 2 aromatic rings. The number of aromatic nitrogens is 1. The van der Waals surface area contributed by atoms with Crippen LogP contribution in [-0.2, 0) is 6.54 Å². The number of nitrogens with one attached hydrogen (secondary N) is 1. The van der Waals surface area contributed by atoms with Crippen molar-refractivity contribution < 1.29 is 10.2 Å². The first-order valence-corrected chi connectivity index (χ1v) is 5.39. The van der Waals surface area contributed by atoms with Crippen molar-refractivity contribution in [2.45, 2.75) is 6.54 Å². The number of phenols is 2. The van der Waals surface area contributed by atoms with Crippen LogP contribution in [0.15, 0.2) is 36.7 Å². The van der Waals surface area contributed by atoms with Gasteiger partial charge >= 0.3 is 0 Å². The number of hydrogen-bond acceptors (Lipinski definition) is 4. The van der Waals surface area contributed by atoms with E-state index in [2.05, 4.69) is 10.3 Å². The smallest absolute Gasteiger partial charge is 0.124 e. The minimum absolute atomic E-state index is 0.0330. The maximum atomic E-state index is 9.59. The molecule has 0 saturated carbocycles. The third kappa shape index (κ3) is 2.79. The Bertz CT molecular complexity index is 532. The molecule has 17 heavy (non-hydrogen) atoms. The van der Waals surface area contributed by atoms with Gasteiger partial charge in [0, 0.05) is 24.4 Å². The highest BCUT2D eigenvalue weighted by atomic mass is 35.5. The Kier molecular flexibility index (Phi) is 3.35.